The van der Waals surface area contributed by atoms with E-state index in [0.29, 0.717) is 11.3 Å². The van der Waals surface area contributed by atoms with Crippen molar-refractivity contribution in [1.82, 2.24) is 4.57 Å². The number of anilines is 1. The molecule has 0 unspecified atom stereocenters. The summed E-state index contributed by atoms with van der Waals surface area (Å²) in [6, 6.07) is 13.0. The molecule has 0 aliphatic heterocycles. The monoisotopic (exact) mass is 330 g/mol. The van der Waals surface area contributed by atoms with E-state index in [0.717, 1.165) is 15.1 Å². The summed E-state index contributed by atoms with van der Waals surface area (Å²) in [4.78, 5) is 25.0. The Bertz CT molecular complexity index is 912. The van der Waals surface area contributed by atoms with Crippen LogP contribution in [0, 0.1) is 0 Å². The number of nitrogens with zero attached hydrogens (tertiary/aromatic N) is 1. The molecule has 0 fully saturated rings. The number of amides is 1. The molecule has 1 amide bonds. The van der Waals surface area contributed by atoms with Gasteiger partial charge in [-0.3, -0.25) is 9.59 Å². The Morgan fingerprint density at radius 3 is 2.77 bits per heavy atom. The summed E-state index contributed by atoms with van der Waals surface area (Å²) in [7, 11) is 1.74. The molecular formula is C16H14N2O2S2. The fourth-order valence-corrected chi connectivity index (χ4v) is 3.76. The number of carbonyl (C=O) groups is 1. The van der Waals surface area contributed by atoms with Crippen LogP contribution < -0.4 is 10.2 Å². The molecule has 0 radical (unpaired) electrons. The molecule has 22 heavy (non-hydrogen) atoms. The molecule has 0 saturated heterocycles. The molecule has 1 heterocycles. The highest BCUT2D eigenvalue weighted by molar-refractivity contribution is 7.98. The SMILES string of the molecule is CSc1ccccc1C(=O)Nc1ccc2c(c1)sc(=O)n2C. The van der Waals surface area contributed by atoms with Crippen molar-refractivity contribution in [3.8, 4) is 0 Å². The number of fused-ring (bicyclic) bond motifs is 1. The Balaban J connectivity index is 1.92. The number of aryl methyl sites for hydroxylation is 1. The first kappa shape index (κ1) is 14.9. The third-order valence-corrected chi connectivity index (χ3v) is 5.19. The van der Waals surface area contributed by atoms with Crippen LogP contribution in [0.5, 0.6) is 0 Å². The first-order chi connectivity index (χ1) is 10.6. The van der Waals surface area contributed by atoms with Gasteiger partial charge in [0.1, 0.15) is 0 Å². The number of aromatic nitrogens is 1. The molecule has 4 nitrogen and oxygen atoms in total. The summed E-state index contributed by atoms with van der Waals surface area (Å²) in [6.07, 6.45) is 1.94. The minimum Gasteiger partial charge on any atom is -0.322 e. The molecule has 0 saturated carbocycles. The van der Waals surface area contributed by atoms with E-state index in [-0.39, 0.29) is 10.8 Å². The van der Waals surface area contributed by atoms with Crippen LogP contribution in [0.15, 0.2) is 52.2 Å². The van der Waals surface area contributed by atoms with Crippen molar-refractivity contribution in [2.45, 2.75) is 4.90 Å². The highest BCUT2D eigenvalue weighted by Crippen LogP contribution is 2.24. The van der Waals surface area contributed by atoms with Crippen LogP contribution in [0.1, 0.15) is 10.4 Å². The lowest BCUT2D eigenvalue weighted by molar-refractivity contribution is 0.102. The van der Waals surface area contributed by atoms with Crippen molar-refractivity contribution in [1.29, 1.82) is 0 Å². The fourth-order valence-electron chi connectivity index (χ4n) is 2.24. The smallest absolute Gasteiger partial charge is 0.307 e. The summed E-state index contributed by atoms with van der Waals surface area (Å²) < 4.78 is 2.47. The van der Waals surface area contributed by atoms with Crippen LogP contribution >= 0.6 is 23.1 Å². The maximum absolute atomic E-state index is 12.4. The minimum atomic E-state index is -0.146. The van der Waals surface area contributed by atoms with E-state index in [4.69, 9.17) is 0 Å². The maximum atomic E-state index is 12.4. The summed E-state index contributed by atoms with van der Waals surface area (Å²) in [5, 5.41) is 2.90. The molecule has 112 valence electrons. The van der Waals surface area contributed by atoms with Crippen LogP contribution in [0.25, 0.3) is 10.2 Å². The second-order valence-electron chi connectivity index (χ2n) is 4.76. The Labute approximate surface area is 135 Å². The minimum absolute atomic E-state index is 0.00814. The van der Waals surface area contributed by atoms with E-state index in [1.165, 1.54) is 23.1 Å². The van der Waals surface area contributed by atoms with Gasteiger partial charge in [0.15, 0.2) is 0 Å². The first-order valence-corrected chi connectivity index (χ1v) is 8.68. The molecule has 2 aromatic carbocycles. The van der Waals surface area contributed by atoms with E-state index < -0.39 is 0 Å². The van der Waals surface area contributed by atoms with Crippen molar-refractivity contribution < 1.29 is 4.79 Å². The van der Waals surface area contributed by atoms with E-state index >= 15 is 0 Å². The van der Waals surface area contributed by atoms with Crippen molar-refractivity contribution in [3.63, 3.8) is 0 Å². The number of nitrogens with one attached hydrogen (secondary N) is 1. The van der Waals surface area contributed by atoms with Crippen LogP contribution in [-0.4, -0.2) is 16.7 Å². The third-order valence-electron chi connectivity index (χ3n) is 3.40. The molecule has 0 spiro atoms. The fraction of sp³-hybridized carbons (Fsp3) is 0.125. The normalized spacial score (nSPS) is 10.8. The number of carbonyl (C=O) groups excluding carboxylic acids is 1. The Morgan fingerprint density at radius 2 is 2.00 bits per heavy atom. The molecule has 3 aromatic rings. The van der Waals surface area contributed by atoms with Gasteiger partial charge in [0, 0.05) is 17.6 Å². The molecule has 3 rings (SSSR count). The summed E-state index contributed by atoms with van der Waals surface area (Å²) in [6.45, 7) is 0. The van der Waals surface area contributed by atoms with Gasteiger partial charge in [0.25, 0.3) is 5.91 Å². The molecule has 1 aromatic heterocycles. The average molecular weight is 330 g/mol. The number of benzene rings is 2. The van der Waals surface area contributed by atoms with Gasteiger partial charge in [-0.1, -0.05) is 23.5 Å². The van der Waals surface area contributed by atoms with Gasteiger partial charge in [-0.25, -0.2) is 0 Å². The molecule has 6 heteroatoms. The predicted molar refractivity (Wildman–Crippen MR) is 93.2 cm³/mol. The quantitative estimate of drug-likeness (QED) is 0.747. The molecule has 0 bridgehead atoms. The van der Waals surface area contributed by atoms with Crippen molar-refractivity contribution in [2.75, 3.05) is 11.6 Å². The van der Waals surface area contributed by atoms with Gasteiger partial charge in [0.2, 0.25) is 0 Å². The predicted octanol–water partition coefficient (Wildman–Crippen LogP) is 3.57. The van der Waals surface area contributed by atoms with Crippen LogP contribution in [0.4, 0.5) is 5.69 Å². The van der Waals surface area contributed by atoms with E-state index in [9.17, 15) is 9.59 Å². The van der Waals surface area contributed by atoms with Gasteiger partial charge >= 0.3 is 4.87 Å². The van der Waals surface area contributed by atoms with E-state index in [2.05, 4.69) is 5.32 Å². The van der Waals surface area contributed by atoms with Crippen LogP contribution in [0.2, 0.25) is 0 Å². The molecule has 0 aliphatic rings. The van der Waals surface area contributed by atoms with E-state index in [1.54, 1.807) is 17.7 Å². The van der Waals surface area contributed by atoms with Crippen molar-refractivity contribution >= 4 is 44.9 Å². The third kappa shape index (κ3) is 2.67. The standard InChI is InChI=1S/C16H14N2O2S2/c1-18-12-8-7-10(9-14(12)22-16(18)20)17-15(19)11-5-3-4-6-13(11)21-2/h3-9H,1-2H3,(H,17,19). The number of thiazole rings is 1. The largest absolute Gasteiger partial charge is 0.322 e. The summed E-state index contributed by atoms with van der Waals surface area (Å²) in [5.74, 6) is -0.146. The Morgan fingerprint density at radius 1 is 1.23 bits per heavy atom. The van der Waals surface area contributed by atoms with Gasteiger partial charge in [-0.2, -0.15) is 0 Å². The second kappa shape index (κ2) is 5.98. The lowest BCUT2D eigenvalue weighted by Crippen LogP contribution is -2.12. The number of rotatable bonds is 3. The topological polar surface area (TPSA) is 51.1 Å². The maximum Gasteiger partial charge on any atom is 0.307 e. The highest BCUT2D eigenvalue weighted by atomic mass is 32.2. The Kier molecular flexibility index (Phi) is 4.04. The molecule has 0 atom stereocenters. The zero-order valence-corrected chi connectivity index (χ0v) is 13.8. The number of hydrogen-bond donors (Lipinski definition) is 1. The Hall–Kier alpha value is -2.05. The van der Waals surface area contributed by atoms with Crippen molar-refractivity contribution in [3.05, 3.63) is 57.7 Å². The zero-order valence-electron chi connectivity index (χ0n) is 12.1. The van der Waals surface area contributed by atoms with Gasteiger partial charge in [-0.05, 0) is 36.6 Å². The van der Waals surface area contributed by atoms with Crippen LogP contribution in [-0.2, 0) is 7.05 Å². The molecule has 0 aliphatic carbocycles. The van der Waals surface area contributed by atoms with Crippen molar-refractivity contribution in [2.24, 2.45) is 7.05 Å². The molecular weight excluding hydrogens is 316 g/mol. The number of hydrogen-bond acceptors (Lipinski definition) is 4. The van der Waals surface area contributed by atoms with E-state index in [1.807, 2.05) is 42.7 Å². The van der Waals surface area contributed by atoms with Gasteiger partial charge in [0.05, 0.1) is 15.8 Å². The summed E-state index contributed by atoms with van der Waals surface area (Å²) >= 11 is 2.71. The second-order valence-corrected chi connectivity index (χ2v) is 6.61. The lowest BCUT2D eigenvalue weighted by Gasteiger charge is -2.08. The highest BCUT2D eigenvalue weighted by Gasteiger charge is 2.11. The van der Waals surface area contributed by atoms with Gasteiger partial charge < -0.3 is 9.88 Å². The molecule has 1 N–H and O–H groups in total. The summed E-state index contributed by atoms with van der Waals surface area (Å²) in [5.41, 5.74) is 2.21. The lowest BCUT2D eigenvalue weighted by atomic mass is 10.2. The first-order valence-electron chi connectivity index (χ1n) is 6.64. The van der Waals surface area contributed by atoms with Gasteiger partial charge in [-0.15, -0.1) is 11.8 Å². The zero-order chi connectivity index (χ0) is 15.7. The van der Waals surface area contributed by atoms with Crippen LogP contribution in [0.3, 0.4) is 0 Å². The average Bonchev–Trinajstić information content (AvgIpc) is 2.81. The number of thioether (sulfide) groups is 1.